The van der Waals surface area contributed by atoms with Crippen molar-refractivity contribution in [3.8, 4) is 11.3 Å². The van der Waals surface area contributed by atoms with Gasteiger partial charge in [-0.15, -0.1) is 0 Å². The highest BCUT2D eigenvalue weighted by molar-refractivity contribution is 7.91. The Balaban J connectivity index is 1.62. The number of pyridine rings is 1. The van der Waals surface area contributed by atoms with Crippen LogP contribution in [0, 0.1) is 6.92 Å². The number of rotatable bonds is 3. The van der Waals surface area contributed by atoms with Crippen molar-refractivity contribution in [3.63, 3.8) is 0 Å². The Bertz CT molecular complexity index is 1380. The van der Waals surface area contributed by atoms with Crippen LogP contribution in [-0.2, 0) is 14.6 Å². The molecule has 0 radical (unpaired) electrons. The molecule has 0 saturated carbocycles. The topological polar surface area (TPSA) is 105 Å². The zero-order valence-corrected chi connectivity index (χ0v) is 20.1. The zero-order valence-electron chi connectivity index (χ0n) is 19.3. The number of nitrogens with zero attached hydrogens (tertiary/aromatic N) is 5. The number of hydrogen-bond donors (Lipinski definition) is 0. The van der Waals surface area contributed by atoms with Crippen molar-refractivity contribution in [2.24, 2.45) is 0 Å². The van der Waals surface area contributed by atoms with Crippen molar-refractivity contribution in [1.82, 2.24) is 24.6 Å². The molecule has 10 heteroatoms. The number of sulfone groups is 1. The van der Waals surface area contributed by atoms with E-state index in [4.69, 9.17) is 4.98 Å². The van der Waals surface area contributed by atoms with E-state index in [1.54, 1.807) is 14.5 Å². The molecule has 178 valence electrons. The molecule has 1 aromatic carbocycles. The maximum atomic E-state index is 13.7. The van der Waals surface area contributed by atoms with Crippen LogP contribution >= 0.6 is 0 Å². The number of fused-ring (bicyclic) bond motifs is 1. The van der Waals surface area contributed by atoms with Crippen LogP contribution in [0.2, 0.25) is 0 Å². The molecular weight excluding hydrogens is 454 g/mol. The Morgan fingerprint density at radius 1 is 1.03 bits per heavy atom. The maximum Gasteiger partial charge on any atom is 0.254 e. The SMILES string of the molecule is CC(=O)N1CCN(C(=O)c2cc(-c3ccccc3)nc3c2c(C)nn3[C@@H]2CCS(=O)(=O)C2)CC1. The molecule has 0 unspecified atom stereocenters. The number of aryl methyl sites for hydroxylation is 1. The van der Waals surface area contributed by atoms with Gasteiger partial charge in [0, 0.05) is 38.7 Å². The summed E-state index contributed by atoms with van der Waals surface area (Å²) in [6.07, 6.45) is 0.478. The Morgan fingerprint density at radius 2 is 1.71 bits per heavy atom. The molecule has 34 heavy (non-hydrogen) atoms. The van der Waals surface area contributed by atoms with Gasteiger partial charge in [0.25, 0.3) is 5.91 Å². The molecule has 0 spiro atoms. The summed E-state index contributed by atoms with van der Waals surface area (Å²) >= 11 is 0. The summed E-state index contributed by atoms with van der Waals surface area (Å²) < 4.78 is 26.0. The number of amides is 2. The first kappa shape index (κ1) is 22.5. The highest BCUT2D eigenvalue weighted by Gasteiger charge is 2.33. The molecule has 5 rings (SSSR count). The lowest BCUT2D eigenvalue weighted by atomic mass is 10.0. The molecule has 2 saturated heterocycles. The van der Waals surface area contributed by atoms with Crippen LogP contribution in [0.25, 0.3) is 22.3 Å². The molecule has 3 aromatic rings. The Kier molecular flexibility index (Phi) is 5.63. The van der Waals surface area contributed by atoms with E-state index in [2.05, 4.69) is 5.10 Å². The van der Waals surface area contributed by atoms with Crippen molar-refractivity contribution in [2.75, 3.05) is 37.7 Å². The third kappa shape index (κ3) is 4.06. The molecule has 0 bridgehead atoms. The van der Waals surface area contributed by atoms with E-state index in [1.807, 2.05) is 43.3 Å². The number of piperazine rings is 1. The molecule has 4 heterocycles. The van der Waals surface area contributed by atoms with Gasteiger partial charge in [0.2, 0.25) is 5.91 Å². The molecule has 2 fully saturated rings. The molecule has 9 nitrogen and oxygen atoms in total. The van der Waals surface area contributed by atoms with E-state index < -0.39 is 9.84 Å². The average molecular weight is 482 g/mol. The Hall–Kier alpha value is -3.27. The van der Waals surface area contributed by atoms with Crippen LogP contribution in [0.4, 0.5) is 0 Å². The van der Waals surface area contributed by atoms with Crippen molar-refractivity contribution in [1.29, 1.82) is 0 Å². The minimum atomic E-state index is -3.12. The Labute approximate surface area is 198 Å². The van der Waals surface area contributed by atoms with Crippen molar-refractivity contribution in [3.05, 3.63) is 47.7 Å². The number of hydrogen-bond acceptors (Lipinski definition) is 6. The molecule has 2 aliphatic heterocycles. The summed E-state index contributed by atoms with van der Waals surface area (Å²) in [6.45, 7) is 5.28. The van der Waals surface area contributed by atoms with Gasteiger partial charge in [0.15, 0.2) is 15.5 Å². The highest BCUT2D eigenvalue weighted by atomic mass is 32.2. The second-order valence-corrected chi connectivity index (χ2v) is 11.2. The number of benzene rings is 1. The fraction of sp³-hybridized carbons (Fsp3) is 0.417. The predicted molar refractivity (Wildman–Crippen MR) is 128 cm³/mol. The summed E-state index contributed by atoms with van der Waals surface area (Å²) in [7, 11) is -3.12. The molecule has 2 aromatic heterocycles. The molecular formula is C24H27N5O4S. The molecule has 1 atom stereocenters. The minimum Gasteiger partial charge on any atom is -0.339 e. The summed E-state index contributed by atoms with van der Waals surface area (Å²) in [4.78, 5) is 33.8. The van der Waals surface area contributed by atoms with Crippen molar-refractivity contribution in [2.45, 2.75) is 26.3 Å². The average Bonchev–Trinajstić information content (AvgIpc) is 3.37. The lowest BCUT2D eigenvalue weighted by Crippen LogP contribution is -2.50. The largest absolute Gasteiger partial charge is 0.339 e. The standard InChI is InChI=1S/C24H27N5O4S/c1-16-22-20(24(31)28-11-9-27(10-12-28)17(2)30)14-21(18-6-4-3-5-7-18)25-23(22)29(26-16)19-8-13-34(32,33)15-19/h3-7,14,19H,8-13,15H2,1-2H3/t19-/m1/s1. The van der Waals surface area contributed by atoms with E-state index in [9.17, 15) is 18.0 Å². The zero-order chi connectivity index (χ0) is 24.0. The van der Waals surface area contributed by atoms with Crippen LogP contribution in [0.1, 0.15) is 35.4 Å². The van der Waals surface area contributed by atoms with Gasteiger partial charge in [-0.3, -0.25) is 9.59 Å². The third-order valence-electron chi connectivity index (χ3n) is 6.70. The quantitative estimate of drug-likeness (QED) is 0.567. The van der Waals surface area contributed by atoms with E-state index in [0.29, 0.717) is 60.6 Å². The van der Waals surface area contributed by atoms with Crippen LogP contribution in [0.15, 0.2) is 36.4 Å². The second-order valence-electron chi connectivity index (χ2n) is 9.00. The maximum absolute atomic E-state index is 13.7. The van der Waals surface area contributed by atoms with Gasteiger partial charge in [0.05, 0.1) is 39.9 Å². The summed E-state index contributed by atoms with van der Waals surface area (Å²) in [5.74, 6) is 0.0299. The van der Waals surface area contributed by atoms with Crippen molar-refractivity contribution < 1.29 is 18.0 Å². The first-order valence-electron chi connectivity index (χ1n) is 11.4. The molecule has 0 N–H and O–H groups in total. The first-order valence-corrected chi connectivity index (χ1v) is 13.3. The normalized spacial score (nSPS) is 20.1. The smallest absolute Gasteiger partial charge is 0.254 e. The lowest BCUT2D eigenvalue weighted by molar-refractivity contribution is -0.130. The van der Waals surface area contributed by atoms with Crippen LogP contribution in [-0.4, -0.2) is 82.5 Å². The minimum absolute atomic E-state index is 0.00778. The van der Waals surface area contributed by atoms with Gasteiger partial charge in [-0.1, -0.05) is 30.3 Å². The van der Waals surface area contributed by atoms with Gasteiger partial charge in [0.1, 0.15) is 0 Å². The Morgan fingerprint density at radius 3 is 2.32 bits per heavy atom. The van der Waals surface area contributed by atoms with E-state index in [-0.39, 0.29) is 29.4 Å². The number of aromatic nitrogens is 3. The van der Waals surface area contributed by atoms with E-state index >= 15 is 0 Å². The van der Waals surface area contributed by atoms with Gasteiger partial charge in [-0.25, -0.2) is 18.1 Å². The fourth-order valence-electron chi connectivity index (χ4n) is 4.86. The van der Waals surface area contributed by atoms with Gasteiger partial charge < -0.3 is 9.80 Å². The third-order valence-corrected chi connectivity index (χ3v) is 8.45. The molecule has 2 amide bonds. The fourth-order valence-corrected chi connectivity index (χ4v) is 6.55. The van der Waals surface area contributed by atoms with Crippen LogP contribution < -0.4 is 0 Å². The highest BCUT2D eigenvalue weighted by Crippen LogP contribution is 2.32. The summed E-state index contributed by atoms with van der Waals surface area (Å²) in [5.41, 5.74) is 3.19. The molecule has 2 aliphatic rings. The van der Waals surface area contributed by atoms with Crippen LogP contribution in [0.3, 0.4) is 0 Å². The molecule has 0 aliphatic carbocycles. The summed E-state index contributed by atoms with van der Waals surface area (Å²) in [5, 5.41) is 5.32. The predicted octanol–water partition coefficient (Wildman–Crippen LogP) is 2.07. The lowest BCUT2D eigenvalue weighted by Gasteiger charge is -2.34. The van der Waals surface area contributed by atoms with E-state index in [0.717, 1.165) is 5.56 Å². The van der Waals surface area contributed by atoms with Gasteiger partial charge in [-0.2, -0.15) is 5.10 Å². The van der Waals surface area contributed by atoms with E-state index in [1.165, 1.54) is 6.92 Å². The summed E-state index contributed by atoms with van der Waals surface area (Å²) in [6, 6.07) is 11.1. The van der Waals surface area contributed by atoms with Gasteiger partial charge in [-0.05, 0) is 19.4 Å². The monoisotopic (exact) mass is 481 g/mol. The van der Waals surface area contributed by atoms with Crippen LogP contribution in [0.5, 0.6) is 0 Å². The van der Waals surface area contributed by atoms with Crippen molar-refractivity contribution >= 4 is 32.7 Å². The number of carbonyl (C=O) groups excluding carboxylic acids is 2. The second kappa shape index (κ2) is 8.50. The first-order chi connectivity index (χ1) is 16.2. The number of carbonyl (C=O) groups is 2. The van der Waals surface area contributed by atoms with Gasteiger partial charge >= 0.3 is 0 Å².